The number of thiazole rings is 1. The van der Waals surface area contributed by atoms with Crippen molar-refractivity contribution in [3.05, 3.63) is 68.2 Å². The maximum absolute atomic E-state index is 13.8. The van der Waals surface area contributed by atoms with Gasteiger partial charge in [0.05, 0.1) is 23.4 Å². The van der Waals surface area contributed by atoms with Crippen LogP contribution in [0, 0.1) is 33.6 Å². The lowest BCUT2D eigenvalue weighted by Crippen LogP contribution is -2.39. The van der Waals surface area contributed by atoms with Crippen molar-refractivity contribution in [3.8, 4) is 16.9 Å². The molecule has 0 spiro atoms. The molecule has 8 heteroatoms. The fourth-order valence-corrected chi connectivity index (χ4v) is 5.86. The summed E-state index contributed by atoms with van der Waals surface area (Å²) < 4.78 is 3.48. The van der Waals surface area contributed by atoms with Crippen molar-refractivity contribution in [1.29, 1.82) is 0 Å². The molecule has 0 radical (unpaired) electrons. The fourth-order valence-electron chi connectivity index (χ4n) is 4.93. The minimum atomic E-state index is -0.172. The van der Waals surface area contributed by atoms with Crippen molar-refractivity contribution in [2.45, 2.75) is 53.9 Å². The van der Waals surface area contributed by atoms with Gasteiger partial charge in [0, 0.05) is 29.9 Å². The van der Waals surface area contributed by atoms with Gasteiger partial charge in [-0.25, -0.2) is 9.67 Å². The largest absolute Gasteiger partial charge is 0.342 e. The van der Waals surface area contributed by atoms with Crippen molar-refractivity contribution in [1.82, 2.24) is 24.1 Å². The molecule has 4 aromatic rings. The number of piperidine rings is 1. The Morgan fingerprint density at radius 3 is 2.57 bits per heavy atom. The topological polar surface area (TPSA) is 72.5 Å². The minimum absolute atomic E-state index is 0.0700. The quantitative estimate of drug-likeness (QED) is 0.419. The number of benzene rings is 1. The highest BCUT2D eigenvalue weighted by molar-refractivity contribution is 7.15. The number of hydrogen-bond donors (Lipinski definition) is 0. The number of aromatic nitrogens is 4. The molecule has 182 valence electrons. The van der Waals surface area contributed by atoms with Crippen LogP contribution in [0.1, 0.15) is 48.0 Å². The predicted molar refractivity (Wildman–Crippen MR) is 140 cm³/mol. The number of carbonyl (C=O) groups is 1. The lowest BCUT2D eigenvalue weighted by atomic mass is 9.99. The van der Waals surface area contributed by atoms with E-state index in [0.29, 0.717) is 33.5 Å². The molecule has 0 bridgehead atoms. The molecule has 1 aliphatic heterocycles. The standard InChI is InChI=1S/C27H31N5O2S/c1-16-8-10-30(11-9-16)24(33)14-21-15-35-27-28-20(5)25(26(34)31(21)27)22-13-19(4)32(29-22)23-7-6-17(2)12-18(23)3/h6-7,12-13,15-16H,8-11,14H2,1-5H3. The molecule has 0 N–H and O–H groups in total. The van der Waals surface area contributed by atoms with Crippen LogP contribution in [0.2, 0.25) is 0 Å². The number of rotatable bonds is 4. The molecule has 1 aliphatic rings. The number of nitrogens with zero attached hydrogens (tertiary/aromatic N) is 5. The van der Waals surface area contributed by atoms with Gasteiger partial charge in [0.25, 0.3) is 5.56 Å². The van der Waals surface area contributed by atoms with Gasteiger partial charge in [0.2, 0.25) is 5.91 Å². The Bertz CT molecular complexity index is 1490. The zero-order valence-electron chi connectivity index (χ0n) is 21.0. The van der Waals surface area contributed by atoms with Crippen LogP contribution < -0.4 is 5.56 Å². The van der Waals surface area contributed by atoms with E-state index in [-0.39, 0.29) is 17.9 Å². The molecule has 0 unspecified atom stereocenters. The van der Waals surface area contributed by atoms with Gasteiger partial charge in [0.1, 0.15) is 5.69 Å². The van der Waals surface area contributed by atoms with Crippen molar-refractivity contribution < 1.29 is 4.79 Å². The molecule has 3 aromatic heterocycles. The molecule has 7 nitrogen and oxygen atoms in total. The van der Waals surface area contributed by atoms with E-state index in [1.807, 2.05) is 34.9 Å². The highest BCUT2D eigenvalue weighted by Gasteiger charge is 2.24. The first-order valence-corrected chi connectivity index (χ1v) is 13.0. The molecule has 4 heterocycles. The van der Waals surface area contributed by atoms with E-state index in [1.165, 1.54) is 16.9 Å². The first kappa shape index (κ1) is 23.5. The molecule has 1 fully saturated rings. The summed E-state index contributed by atoms with van der Waals surface area (Å²) in [4.78, 5) is 34.0. The Morgan fingerprint density at radius 2 is 1.86 bits per heavy atom. The van der Waals surface area contributed by atoms with Gasteiger partial charge in [-0.2, -0.15) is 5.10 Å². The Hall–Kier alpha value is -3.26. The third-order valence-corrected chi connectivity index (χ3v) is 7.89. The Balaban J connectivity index is 1.53. The molecule has 0 aliphatic carbocycles. The Kier molecular flexibility index (Phi) is 6.09. The summed E-state index contributed by atoms with van der Waals surface area (Å²) in [5, 5.41) is 6.70. The van der Waals surface area contributed by atoms with E-state index in [2.05, 4.69) is 39.0 Å². The van der Waals surface area contributed by atoms with Crippen LogP contribution in [0.3, 0.4) is 0 Å². The van der Waals surface area contributed by atoms with Gasteiger partial charge >= 0.3 is 0 Å². The second kappa shape index (κ2) is 9.07. The molecule has 35 heavy (non-hydrogen) atoms. The summed E-state index contributed by atoms with van der Waals surface area (Å²) in [5.41, 5.74) is 6.49. The van der Waals surface area contributed by atoms with Crippen LogP contribution in [0.15, 0.2) is 34.4 Å². The molecule has 0 atom stereocenters. The van der Waals surface area contributed by atoms with Crippen LogP contribution >= 0.6 is 11.3 Å². The van der Waals surface area contributed by atoms with Crippen LogP contribution in [0.25, 0.3) is 21.9 Å². The zero-order chi connectivity index (χ0) is 24.9. The van der Waals surface area contributed by atoms with E-state index in [0.717, 1.165) is 42.9 Å². The number of fused-ring (bicyclic) bond motifs is 1. The SMILES string of the molecule is Cc1ccc(-n2nc(-c3c(C)nc4scc(CC(=O)N5CCC(C)CC5)n4c3=O)cc2C)c(C)c1. The van der Waals surface area contributed by atoms with Gasteiger partial charge in [0.15, 0.2) is 4.96 Å². The highest BCUT2D eigenvalue weighted by Crippen LogP contribution is 2.25. The number of likely N-dealkylation sites (tertiary alicyclic amines) is 1. The van der Waals surface area contributed by atoms with Crippen molar-refractivity contribution in [3.63, 3.8) is 0 Å². The first-order valence-electron chi connectivity index (χ1n) is 12.1. The first-order chi connectivity index (χ1) is 16.7. The van der Waals surface area contributed by atoms with Crippen molar-refractivity contribution >= 4 is 22.2 Å². The molecule has 1 aromatic carbocycles. The van der Waals surface area contributed by atoms with Gasteiger partial charge in [-0.3, -0.25) is 14.0 Å². The van der Waals surface area contributed by atoms with Crippen LogP contribution in [-0.4, -0.2) is 43.1 Å². The summed E-state index contributed by atoms with van der Waals surface area (Å²) in [5.74, 6) is 0.728. The average molecular weight is 490 g/mol. The summed E-state index contributed by atoms with van der Waals surface area (Å²) in [7, 11) is 0. The lowest BCUT2D eigenvalue weighted by molar-refractivity contribution is -0.131. The van der Waals surface area contributed by atoms with Gasteiger partial charge < -0.3 is 4.90 Å². The maximum atomic E-state index is 13.8. The van der Waals surface area contributed by atoms with Crippen molar-refractivity contribution in [2.75, 3.05) is 13.1 Å². The predicted octanol–water partition coefficient (Wildman–Crippen LogP) is 4.64. The van der Waals surface area contributed by atoms with E-state index in [9.17, 15) is 9.59 Å². The summed E-state index contributed by atoms with van der Waals surface area (Å²) in [6.45, 7) is 11.8. The average Bonchev–Trinajstić information content (AvgIpc) is 3.37. The molecule has 1 saturated heterocycles. The van der Waals surface area contributed by atoms with Crippen LogP contribution in [0.5, 0.6) is 0 Å². The van der Waals surface area contributed by atoms with Gasteiger partial charge in [-0.05, 0) is 64.2 Å². The second-order valence-corrected chi connectivity index (χ2v) is 10.7. The number of amides is 1. The Labute approximate surface area is 209 Å². The van der Waals surface area contributed by atoms with E-state index < -0.39 is 0 Å². The fraction of sp³-hybridized carbons (Fsp3) is 0.407. The maximum Gasteiger partial charge on any atom is 0.268 e. The zero-order valence-corrected chi connectivity index (χ0v) is 21.8. The van der Waals surface area contributed by atoms with Crippen molar-refractivity contribution in [2.24, 2.45) is 5.92 Å². The smallest absolute Gasteiger partial charge is 0.268 e. The second-order valence-electron chi connectivity index (χ2n) is 9.84. The summed E-state index contributed by atoms with van der Waals surface area (Å²) in [6, 6.07) is 8.18. The van der Waals surface area contributed by atoms with Crippen LogP contribution in [-0.2, 0) is 11.2 Å². The molecule has 5 rings (SSSR count). The van der Waals surface area contributed by atoms with E-state index in [4.69, 9.17) is 10.1 Å². The number of aryl methyl sites for hydroxylation is 4. The molecule has 1 amide bonds. The van der Waals surface area contributed by atoms with E-state index in [1.54, 1.807) is 4.40 Å². The third kappa shape index (κ3) is 4.31. The number of carbonyl (C=O) groups excluding carboxylic acids is 1. The third-order valence-electron chi connectivity index (χ3n) is 7.01. The minimum Gasteiger partial charge on any atom is -0.342 e. The Morgan fingerprint density at radius 1 is 1.11 bits per heavy atom. The molecule has 0 saturated carbocycles. The van der Waals surface area contributed by atoms with Crippen LogP contribution in [0.4, 0.5) is 0 Å². The lowest BCUT2D eigenvalue weighted by Gasteiger charge is -2.30. The normalized spacial score (nSPS) is 14.7. The number of hydrogen-bond acceptors (Lipinski definition) is 5. The summed E-state index contributed by atoms with van der Waals surface area (Å²) >= 11 is 1.40. The molecular formula is C27H31N5O2S. The highest BCUT2D eigenvalue weighted by atomic mass is 32.1. The molecular weight excluding hydrogens is 458 g/mol. The van der Waals surface area contributed by atoms with Gasteiger partial charge in [-0.1, -0.05) is 24.6 Å². The van der Waals surface area contributed by atoms with Gasteiger partial charge in [-0.15, -0.1) is 11.3 Å². The monoisotopic (exact) mass is 489 g/mol. The van der Waals surface area contributed by atoms with E-state index >= 15 is 0 Å². The summed E-state index contributed by atoms with van der Waals surface area (Å²) in [6.07, 6.45) is 2.27.